The Kier molecular flexibility index (Phi) is 33.3. The van der Waals surface area contributed by atoms with Crippen LogP contribution in [0.4, 0.5) is 0 Å². The number of esters is 2. The Morgan fingerprint density at radius 1 is 0.472 bits per heavy atom. The number of ether oxygens (including phenoxy) is 9. The van der Waals surface area contributed by atoms with Gasteiger partial charge in [0.15, 0.2) is 0 Å². The summed E-state index contributed by atoms with van der Waals surface area (Å²) in [5.74, 6) is 0.108. The Bertz CT molecular complexity index is 1140. The molecule has 0 radical (unpaired) electrons. The number of hydrogen-bond acceptors (Lipinski definition) is 16. The Morgan fingerprint density at radius 2 is 0.792 bits per heavy atom. The van der Waals surface area contributed by atoms with Crippen LogP contribution in [0.2, 0.25) is 0 Å². The van der Waals surface area contributed by atoms with Crippen LogP contribution >= 0.6 is 0 Å². The van der Waals surface area contributed by atoms with Crippen molar-refractivity contribution in [1.29, 1.82) is 0 Å². The molecule has 0 aliphatic carbocycles. The van der Waals surface area contributed by atoms with Crippen molar-refractivity contribution in [1.82, 2.24) is 0 Å². The predicted molar refractivity (Wildman–Crippen MR) is 192 cm³/mol. The lowest BCUT2D eigenvalue weighted by Gasteiger charge is -2.10. The topological polar surface area (TPSA) is 218 Å². The number of rotatable bonds is 28. The van der Waals surface area contributed by atoms with Crippen LogP contribution in [0.5, 0.6) is 11.5 Å². The Hall–Kier alpha value is -3.42. The van der Waals surface area contributed by atoms with Gasteiger partial charge < -0.3 is 68.2 Å². The van der Waals surface area contributed by atoms with Crippen LogP contribution in [0, 0.1) is 0 Å². The summed E-state index contributed by atoms with van der Waals surface area (Å²) >= 11 is 0. The van der Waals surface area contributed by atoms with Crippen molar-refractivity contribution in [3.8, 4) is 11.5 Å². The number of phenolic OH excluding ortho intramolecular Hbond substituents is 1. The molecule has 0 bridgehead atoms. The second-order valence-electron chi connectivity index (χ2n) is 10.8. The molecule has 0 fully saturated rings. The molecule has 0 aliphatic rings. The maximum atomic E-state index is 10.8. The predicted octanol–water partition coefficient (Wildman–Crippen LogP) is 2.05. The van der Waals surface area contributed by atoms with Gasteiger partial charge >= 0.3 is 11.9 Å². The van der Waals surface area contributed by atoms with Crippen molar-refractivity contribution in [3.05, 3.63) is 58.7 Å². The van der Waals surface area contributed by atoms with Crippen LogP contribution in [0.25, 0.3) is 0 Å². The Morgan fingerprint density at radius 3 is 1.13 bits per heavy atom. The smallest absolute Gasteiger partial charge is 0.307 e. The van der Waals surface area contributed by atoms with Crippen molar-refractivity contribution in [2.75, 3.05) is 100 Å². The van der Waals surface area contributed by atoms with Gasteiger partial charge in [-0.05, 0) is 52.9 Å². The van der Waals surface area contributed by atoms with Crippen molar-refractivity contribution in [2.24, 2.45) is 0 Å². The van der Waals surface area contributed by atoms with Gasteiger partial charge in [0.1, 0.15) is 18.1 Å². The zero-order valence-electron chi connectivity index (χ0n) is 31.3. The molecule has 2 rings (SSSR count). The van der Waals surface area contributed by atoms with Crippen LogP contribution in [0.15, 0.2) is 36.4 Å². The molecule has 0 atom stereocenters. The van der Waals surface area contributed by atoms with Gasteiger partial charge in [0.2, 0.25) is 0 Å². The van der Waals surface area contributed by atoms with Gasteiger partial charge in [-0.15, -0.1) is 0 Å². The number of aliphatic hydroxyl groups is 4. The van der Waals surface area contributed by atoms with E-state index in [-0.39, 0.29) is 57.0 Å². The molecule has 16 nitrogen and oxygen atoms in total. The monoisotopic (exact) mass is 760 g/mol. The van der Waals surface area contributed by atoms with E-state index in [1.807, 2.05) is 0 Å². The van der Waals surface area contributed by atoms with E-state index in [0.717, 1.165) is 13.0 Å². The molecule has 0 saturated carbocycles. The number of hydrogen-bond donors (Lipinski definition) is 5. The third-order valence-corrected chi connectivity index (χ3v) is 6.48. The molecule has 0 heterocycles. The van der Waals surface area contributed by atoms with E-state index in [9.17, 15) is 19.8 Å². The lowest BCUT2D eigenvalue weighted by Crippen LogP contribution is -2.13. The fourth-order valence-corrected chi connectivity index (χ4v) is 3.88. The molecular weight excluding hydrogens is 700 g/mol. The minimum Gasteiger partial charge on any atom is -0.508 e. The molecule has 16 heteroatoms. The number of benzene rings is 2. The molecule has 0 saturated heterocycles. The summed E-state index contributed by atoms with van der Waals surface area (Å²) in [4.78, 5) is 21.5. The lowest BCUT2D eigenvalue weighted by atomic mass is 10.1. The van der Waals surface area contributed by atoms with Crippen molar-refractivity contribution in [3.63, 3.8) is 0 Å². The van der Waals surface area contributed by atoms with Crippen LogP contribution in [0.1, 0.15) is 48.4 Å². The van der Waals surface area contributed by atoms with Gasteiger partial charge in [-0.1, -0.05) is 19.1 Å². The minimum atomic E-state index is -0.294. The number of carbonyl (C=O) groups is 2. The molecule has 2 aromatic rings. The van der Waals surface area contributed by atoms with Gasteiger partial charge in [0.25, 0.3) is 0 Å². The van der Waals surface area contributed by atoms with Crippen LogP contribution in [0.3, 0.4) is 0 Å². The molecule has 304 valence electrons. The van der Waals surface area contributed by atoms with E-state index >= 15 is 0 Å². The number of methoxy groups -OCH3 is 2. The third-order valence-electron chi connectivity index (χ3n) is 6.48. The van der Waals surface area contributed by atoms with Gasteiger partial charge in [-0.3, -0.25) is 9.59 Å². The first-order valence-electron chi connectivity index (χ1n) is 17.4. The quantitative estimate of drug-likeness (QED) is 0.0619. The van der Waals surface area contributed by atoms with Crippen LogP contribution < -0.4 is 4.74 Å². The summed E-state index contributed by atoms with van der Waals surface area (Å²) in [6, 6.07) is 9.73. The Balaban J connectivity index is 0.000000848. The molecule has 0 unspecified atom stereocenters. The number of aromatic hydroxyl groups is 1. The minimum absolute atomic E-state index is 0.0700. The summed E-state index contributed by atoms with van der Waals surface area (Å²) in [7, 11) is 2.71. The highest BCUT2D eigenvalue weighted by Gasteiger charge is 2.03. The zero-order valence-corrected chi connectivity index (χ0v) is 31.3. The molecule has 0 aliphatic heterocycles. The van der Waals surface area contributed by atoms with Crippen molar-refractivity contribution >= 4 is 11.9 Å². The normalized spacial score (nSPS) is 10.5. The maximum absolute atomic E-state index is 10.8. The number of carbonyl (C=O) groups excluding carboxylic acids is 2. The van der Waals surface area contributed by atoms with Gasteiger partial charge in [0.05, 0.1) is 126 Å². The summed E-state index contributed by atoms with van der Waals surface area (Å²) in [6.07, 6.45) is 1.55. The van der Waals surface area contributed by atoms with E-state index in [1.165, 1.54) is 26.4 Å². The van der Waals surface area contributed by atoms with Crippen molar-refractivity contribution in [2.45, 2.75) is 52.6 Å². The summed E-state index contributed by atoms with van der Waals surface area (Å²) in [5.41, 5.74) is 2.59. The van der Waals surface area contributed by atoms with Gasteiger partial charge in [-0.25, -0.2) is 0 Å². The van der Waals surface area contributed by atoms with E-state index in [4.69, 9.17) is 48.5 Å². The molecule has 0 amide bonds. The first-order valence-corrected chi connectivity index (χ1v) is 17.4. The molecule has 0 aromatic heterocycles. The summed E-state index contributed by atoms with van der Waals surface area (Å²) < 4.78 is 46.1. The second-order valence-corrected chi connectivity index (χ2v) is 10.8. The number of phenols is 1. The van der Waals surface area contributed by atoms with Crippen LogP contribution in [-0.4, -0.2) is 138 Å². The standard InChI is InChI=1S/C18H28O8.C11H22O5.C8H10O3/c1-22-18(21)2-3-23-4-5-24-6-7-25-8-9-26-17-11-15(13-19)10-16(12-17)14-20;1-3-5-14-7-9-16-10-8-15-6-4-11(12)13-2;9-4-6-1-7(5-10)3-8(11)2-6/h10-12,19-20H,2-9,13-14H2,1H3;3-10H2,1-2H3;1-3,9-11H,4-5H2. The first-order chi connectivity index (χ1) is 25.8. The van der Waals surface area contributed by atoms with E-state index in [2.05, 4.69) is 16.4 Å². The van der Waals surface area contributed by atoms with E-state index < -0.39 is 0 Å². The van der Waals surface area contributed by atoms with Gasteiger partial charge in [0, 0.05) is 6.61 Å². The first kappa shape index (κ1) is 49.6. The number of aliphatic hydroxyl groups excluding tert-OH is 4. The third kappa shape index (κ3) is 29.7. The van der Waals surface area contributed by atoms with E-state index in [0.29, 0.717) is 107 Å². The highest BCUT2D eigenvalue weighted by atomic mass is 16.6. The van der Waals surface area contributed by atoms with Crippen LogP contribution in [-0.2, 0) is 73.9 Å². The molecular formula is C37H60O16. The highest BCUT2D eigenvalue weighted by molar-refractivity contribution is 5.69. The largest absolute Gasteiger partial charge is 0.508 e. The molecule has 53 heavy (non-hydrogen) atoms. The average molecular weight is 761 g/mol. The lowest BCUT2D eigenvalue weighted by molar-refractivity contribution is -0.142. The molecule has 0 spiro atoms. The summed E-state index contributed by atoms with van der Waals surface area (Å²) in [5, 5.41) is 44.8. The molecule has 2 aromatic carbocycles. The molecule has 5 N–H and O–H groups in total. The highest BCUT2D eigenvalue weighted by Crippen LogP contribution is 2.18. The fraction of sp³-hybridized carbons (Fsp3) is 0.622. The van der Waals surface area contributed by atoms with E-state index in [1.54, 1.807) is 24.3 Å². The van der Waals surface area contributed by atoms with Gasteiger partial charge in [-0.2, -0.15) is 0 Å². The van der Waals surface area contributed by atoms with Crippen molar-refractivity contribution < 1.29 is 77.8 Å². The second kappa shape index (κ2) is 35.6. The Labute approximate surface area is 312 Å². The fourth-order valence-electron chi connectivity index (χ4n) is 3.88. The average Bonchev–Trinajstić information content (AvgIpc) is 3.18. The summed E-state index contributed by atoms with van der Waals surface area (Å²) in [6.45, 7) is 7.77. The SMILES string of the molecule is CCCOCCOCCOCCC(=O)OC.COC(=O)CCOCCOCCOCCOc1cc(CO)cc(CO)c1.OCc1cc(O)cc(CO)c1. The maximum Gasteiger partial charge on any atom is 0.307 e. The zero-order chi connectivity index (χ0) is 39.4.